The Morgan fingerprint density at radius 2 is 1.82 bits per heavy atom. The van der Waals surface area contributed by atoms with Crippen LogP contribution < -0.4 is 14.2 Å². The number of nitrogens with zero attached hydrogens (tertiary/aromatic N) is 4. The highest BCUT2D eigenvalue weighted by Crippen LogP contribution is 2.29. The van der Waals surface area contributed by atoms with Crippen molar-refractivity contribution in [1.82, 2.24) is 20.0 Å². The molecule has 9 heteroatoms. The van der Waals surface area contributed by atoms with E-state index < -0.39 is 0 Å². The summed E-state index contributed by atoms with van der Waals surface area (Å²) in [4.78, 5) is 16.9. The van der Waals surface area contributed by atoms with E-state index in [1.807, 2.05) is 24.3 Å². The topological polar surface area (TPSA) is 88.4 Å². The van der Waals surface area contributed by atoms with Gasteiger partial charge in [-0.15, -0.1) is 5.10 Å². The molecule has 0 N–H and O–H groups in total. The van der Waals surface area contributed by atoms with Crippen molar-refractivity contribution in [2.45, 2.75) is 6.61 Å². The van der Waals surface area contributed by atoms with E-state index in [0.29, 0.717) is 33.5 Å². The molecule has 8 nitrogen and oxygen atoms in total. The predicted molar refractivity (Wildman–Crippen MR) is 145 cm³/mol. The van der Waals surface area contributed by atoms with Gasteiger partial charge in [0.25, 0.3) is 0 Å². The van der Waals surface area contributed by atoms with Crippen LogP contribution in [0.3, 0.4) is 0 Å². The molecule has 38 heavy (non-hydrogen) atoms. The van der Waals surface area contributed by atoms with E-state index in [1.165, 1.54) is 6.08 Å². The number of benzene rings is 3. The fourth-order valence-electron chi connectivity index (χ4n) is 3.87. The molecule has 0 saturated carbocycles. The summed E-state index contributed by atoms with van der Waals surface area (Å²) in [5.74, 6) is 1.67. The van der Waals surface area contributed by atoms with Crippen LogP contribution in [0.15, 0.2) is 85.2 Å². The van der Waals surface area contributed by atoms with Crippen LogP contribution in [0.5, 0.6) is 17.2 Å². The Kier molecular flexibility index (Phi) is 7.33. The number of ether oxygens (including phenoxy) is 3. The third kappa shape index (κ3) is 5.50. The van der Waals surface area contributed by atoms with Crippen LogP contribution in [0.25, 0.3) is 22.7 Å². The molecule has 2 heterocycles. The molecule has 0 bridgehead atoms. The fourth-order valence-corrected chi connectivity index (χ4v) is 4.04. The van der Waals surface area contributed by atoms with Crippen molar-refractivity contribution in [2.24, 2.45) is 0 Å². The Morgan fingerprint density at radius 3 is 2.61 bits per heavy atom. The summed E-state index contributed by atoms with van der Waals surface area (Å²) >= 11 is 6.10. The van der Waals surface area contributed by atoms with Gasteiger partial charge in [0, 0.05) is 22.2 Å². The number of hydrogen-bond donors (Lipinski definition) is 0. The summed E-state index contributed by atoms with van der Waals surface area (Å²) in [5.41, 5.74) is 3.62. The molecule has 0 saturated heterocycles. The number of carbonyl (C=O) groups is 1. The van der Waals surface area contributed by atoms with Crippen LogP contribution in [0.1, 0.15) is 21.6 Å². The minimum absolute atomic E-state index is 0.111. The van der Waals surface area contributed by atoms with Crippen molar-refractivity contribution in [3.05, 3.63) is 107 Å². The van der Waals surface area contributed by atoms with E-state index in [1.54, 1.807) is 79.8 Å². The van der Waals surface area contributed by atoms with E-state index >= 15 is 0 Å². The molecule has 0 aliphatic heterocycles. The van der Waals surface area contributed by atoms with Crippen molar-refractivity contribution in [3.8, 4) is 22.9 Å². The van der Waals surface area contributed by atoms with Gasteiger partial charge in [-0.3, -0.25) is 9.78 Å². The molecule has 0 aliphatic rings. The Bertz CT molecular complexity index is 1630. The van der Waals surface area contributed by atoms with Gasteiger partial charge < -0.3 is 14.2 Å². The van der Waals surface area contributed by atoms with Gasteiger partial charge in [0.15, 0.2) is 17.3 Å². The van der Waals surface area contributed by atoms with Crippen LogP contribution in [0.4, 0.5) is 0 Å². The maximum absolute atomic E-state index is 12.5. The van der Waals surface area contributed by atoms with Gasteiger partial charge in [-0.2, -0.15) is 0 Å². The van der Waals surface area contributed by atoms with Crippen LogP contribution in [-0.2, 0) is 6.61 Å². The van der Waals surface area contributed by atoms with Crippen molar-refractivity contribution in [2.75, 3.05) is 14.2 Å². The molecule has 0 aliphatic carbocycles. The second kappa shape index (κ2) is 11.1. The third-order valence-electron chi connectivity index (χ3n) is 5.83. The number of allylic oxidation sites excluding steroid dienone is 1. The van der Waals surface area contributed by atoms with Gasteiger partial charge >= 0.3 is 0 Å². The molecule has 0 spiro atoms. The second-order valence-electron chi connectivity index (χ2n) is 8.27. The standard InChI is InChI=1S/C29H23ClN4O4/c1-36-23-8-5-20(6-9-23)27(35)11-3-19-4-12-28(29(15-19)37-2)38-18-22-17-34(33-32-22)26-13-14-31-25-16-21(30)7-10-24(25)26/h3-17H,18H2,1-2H3/b11-3+. The zero-order valence-corrected chi connectivity index (χ0v) is 21.4. The Morgan fingerprint density at radius 1 is 0.974 bits per heavy atom. The number of carbonyl (C=O) groups excluding carboxylic acids is 1. The lowest BCUT2D eigenvalue weighted by Crippen LogP contribution is -1.99. The van der Waals surface area contributed by atoms with Gasteiger partial charge in [-0.25, -0.2) is 4.68 Å². The number of pyridine rings is 1. The summed E-state index contributed by atoms with van der Waals surface area (Å²) in [6.07, 6.45) is 6.76. The van der Waals surface area contributed by atoms with Gasteiger partial charge in [-0.1, -0.05) is 29.0 Å². The lowest BCUT2D eigenvalue weighted by atomic mass is 10.1. The summed E-state index contributed by atoms with van der Waals surface area (Å²) in [7, 11) is 3.15. The first-order chi connectivity index (χ1) is 18.5. The van der Waals surface area contributed by atoms with Crippen LogP contribution in [-0.4, -0.2) is 40.0 Å². The summed E-state index contributed by atoms with van der Waals surface area (Å²) in [6, 6.07) is 19.8. The van der Waals surface area contributed by atoms with Crippen molar-refractivity contribution in [1.29, 1.82) is 0 Å². The average molecular weight is 527 g/mol. The monoisotopic (exact) mass is 526 g/mol. The van der Waals surface area contributed by atoms with Crippen LogP contribution in [0.2, 0.25) is 5.02 Å². The SMILES string of the molecule is COc1ccc(C(=O)/C=C/c2ccc(OCc3cn(-c4ccnc5cc(Cl)ccc45)nn3)c(OC)c2)cc1. The normalized spacial score (nSPS) is 11.1. The highest BCUT2D eigenvalue weighted by atomic mass is 35.5. The van der Waals surface area contributed by atoms with E-state index in [0.717, 1.165) is 22.2 Å². The highest BCUT2D eigenvalue weighted by molar-refractivity contribution is 6.31. The predicted octanol–water partition coefficient (Wildman–Crippen LogP) is 5.96. The molecule has 3 aromatic carbocycles. The molecule has 0 unspecified atom stereocenters. The molecular formula is C29H23ClN4O4. The number of aromatic nitrogens is 4. The Labute approximate surface area is 224 Å². The average Bonchev–Trinajstić information content (AvgIpc) is 3.43. The zero-order chi connectivity index (χ0) is 26.5. The molecule has 0 atom stereocenters. The first-order valence-corrected chi connectivity index (χ1v) is 12.0. The van der Waals surface area contributed by atoms with Crippen LogP contribution in [0, 0.1) is 0 Å². The number of methoxy groups -OCH3 is 2. The minimum Gasteiger partial charge on any atom is -0.497 e. The van der Waals surface area contributed by atoms with E-state index in [9.17, 15) is 4.79 Å². The molecule has 190 valence electrons. The summed E-state index contributed by atoms with van der Waals surface area (Å²) < 4.78 is 18.3. The molecule has 5 rings (SSSR count). The molecule has 0 fully saturated rings. The fraction of sp³-hybridized carbons (Fsp3) is 0.103. The molecule has 0 radical (unpaired) electrons. The van der Waals surface area contributed by atoms with Crippen molar-refractivity contribution < 1.29 is 19.0 Å². The van der Waals surface area contributed by atoms with E-state index in [2.05, 4.69) is 15.3 Å². The second-order valence-corrected chi connectivity index (χ2v) is 8.71. The van der Waals surface area contributed by atoms with Gasteiger partial charge in [0.1, 0.15) is 18.1 Å². The zero-order valence-electron chi connectivity index (χ0n) is 20.7. The summed E-state index contributed by atoms with van der Waals surface area (Å²) in [6.45, 7) is 0.191. The van der Waals surface area contributed by atoms with E-state index in [4.69, 9.17) is 25.8 Å². The maximum atomic E-state index is 12.5. The van der Waals surface area contributed by atoms with Gasteiger partial charge in [0.2, 0.25) is 0 Å². The van der Waals surface area contributed by atoms with Gasteiger partial charge in [0.05, 0.1) is 31.6 Å². The highest BCUT2D eigenvalue weighted by Gasteiger charge is 2.11. The lowest BCUT2D eigenvalue weighted by molar-refractivity contribution is 0.104. The molecule has 5 aromatic rings. The smallest absolute Gasteiger partial charge is 0.185 e. The largest absolute Gasteiger partial charge is 0.497 e. The quantitative estimate of drug-likeness (QED) is 0.173. The van der Waals surface area contributed by atoms with Crippen LogP contribution >= 0.6 is 11.6 Å². The number of hydrogen-bond acceptors (Lipinski definition) is 7. The Balaban J connectivity index is 1.27. The lowest BCUT2D eigenvalue weighted by Gasteiger charge is -2.10. The number of fused-ring (bicyclic) bond motifs is 1. The van der Waals surface area contributed by atoms with Gasteiger partial charge in [-0.05, 0) is 72.3 Å². The number of rotatable bonds is 9. The molecule has 0 amide bonds. The third-order valence-corrected chi connectivity index (χ3v) is 6.07. The van der Waals surface area contributed by atoms with Crippen molar-refractivity contribution >= 4 is 34.4 Å². The number of ketones is 1. The maximum Gasteiger partial charge on any atom is 0.185 e. The van der Waals surface area contributed by atoms with Crippen molar-refractivity contribution in [3.63, 3.8) is 0 Å². The summed E-state index contributed by atoms with van der Waals surface area (Å²) in [5, 5.41) is 10.0. The first kappa shape index (κ1) is 25.0. The first-order valence-electron chi connectivity index (χ1n) is 11.7. The molecular weight excluding hydrogens is 504 g/mol. The van der Waals surface area contributed by atoms with E-state index in [-0.39, 0.29) is 12.4 Å². The number of halogens is 1. The molecule has 2 aromatic heterocycles. The minimum atomic E-state index is -0.111. The Hall–Kier alpha value is -4.69.